The molecule has 0 bridgehead atoms. The van der Waals surface area contributed by atoms with Crippen LogP contribution in [0.4, 0.5) is 18.9 Å². The Bertz CT molecular complexity index is 1450. The maximum atomic E-state index is 12.8. The lowest BCUT2D eigenvalue weighted by molar-refractivity contribution is -0.137. The number of hydrogen-bond acceptors (Lipinski definition) is 5. The minimum absolute atomic E-state index is 0.171. The molecular formula is C22H17F3N8O. The maximum absolute atomic E-state index is 12.8. The molecule has 0 atom stereocenters. The van der Waals surface area contributed by atoms with Crippen molar-refractivity contribution in [1.82, 2.24) is 33.9 Å². The second-order valence-corrected chi connectivity index (χ2v) is 7.54. The summed E-state index contributed by atoms with van der Waals surface area (Å²) in [6.45, 7) is 2.06. The van der Waals surface area contributed by atoms with Gasteiger partial charge in [-0.05, 0) is 31.2 Å². The van der Waals surface area contributed by atoms with E-state index in [0.29, 0.717) is 17.9 Å². The fraction of sp³-hybridized carbons (Fsp3) is 0.136. The smallest absolute Gasteiger partial charge is 0.319 e. The van der Waals surface area contributed by atoms with E-state index in [1.165, 1.54) is 23.1 Å². The molecule has 5 aromatic heterocycles. The van der Waals surface area contributed by atoms with Crippen molar-refractivity contribution in [2.24, 2.45) is 0 Å². The Morgan fingerprint density at radius 2 is 1.91 bits per heavy atom. The SMILES string of the molecule is Cc1c(C(=O)Nc2cnn(Cc3cn4ccccc4n3)c2)cnn1-c1ccc(C(F)(F)F)cn1. The first-order chi connectivity index (χ1) is 16.3. The van der Waals surface area contributed by atoms with Gasteiger partial charge in [0.25, 0.3) is 5.91 Å². The summed E-state index contributed by atoms with van der Waals surface area (Å²) in [7, 11) is 0. The van der Waals surface area contributed by atoms with Gasteiger partial charge in [-0.3, -0.25) is 9.48 Å². The molecule has 0 aliphatic rings. The van der Waals surface area contributed by atoms with Gasteiger partial charge in [0.15, 0.2) is 5.82 Å². The number of alkyl halides is 3. The highest BCUT2D eigenvalue weighted by atomic mass is 19.4. The van der Waals surface area contributed by atoms with Crippen LogP contribution in [0.3, 0.4) is 0 Å². The zero-order valence-corrected chi connectivity index (χ0v) is 17.7. The highest BCUT2D eigenvalue weighted by Crippen LogP contribution is 2.29. The van der Waals surface area contributed by atoms with Crippen LogP contribution in [0.5, 0.6) is 0 Å². The van der Waals surface area contributed by atoms with Gasteiger partial charge in [-0.2, -0.15) is 23.4 Å². The zero-order valence-electron chi connectivity index (χ0n) is 17.7. The summed E-state index contributed by atoms with van der Waals surface area (Å²) in [5, 5.41) is 11.1. The highest BCUT2D eigenvalue weighted by Gasteiger charge is 2.30. The molecule has 0 aliphatic carbocycles. The third-order valence-corrected chi connectivity index (χ3v) is 5.18. The molecule has 0 radical (unpaired) electrons. The van der Waals surface area contributed by atoms with E-state index < -0.39 is 17.6 Å². The maximum Gasteiger partial charge on any atom is 0.417 e. The summed E-state index contributed by atoms with van der Waals surface area (Å²) in [5.74, 6) is -0.257. The molecule has 5 aromatic rings. The third kappa shape index (κ3) is 4.12. The fourth-order valence-corrected chi connectivity index (χ4v) is 3.48. The summed E-state index contributed by atoms with van der Waals surface area (Å²) in [6, 6.07) is 7.85. The van der Waals surface area contributed by atoms with Gasteiger partial charge in [-0.1, -0.05) is 6.07 Å². The molecule has 0 aromatic carbocycles. The van der Waals surface area contributed by atoms with E-state index in [1.54, 1.807) is 17.8 Å². The van der Waals surface area contributed by atoms with Crippen LogP contribution in [0.2, 0.25) is 0 Å². The molecule has 34 heavy (non-hydrogen) atoms. The van der Waals surface area contributed by atoms with Crippen molar-refractivity contribution < 1.29 is 18.0 Å². The lowest BCUT2D eigenvalue weighted by Gasteiger charge is -2.08. The first-order valence-corrected chi connectivity index (χ1v) is 10.1. The second-order valence-electron chi connectivity index (χ2n) is 7.54. The minimum atomic E-state index is -4.48. The number of hydrogen-bond donors (Lipinski definition) is 1. The molecule has 0 unspecified atom stereocenters. The summed E-state index contributed by atoms with van der Waals surface area (Å²) < 4.78 is 43.2. The predicted molar refractivity (Wildman–Crippen MR) is 116 cm³/mol. The van der Waals surface area contributed by atoms with Crippen LogP contribution in [-0.2, 0) is 12.7 Å². The molecule has 172 valence electrons. The second kappa shape index (κ2) is 8.14. The Morgan fingerprint density at radius 3 is 2.65 bits per heavy atom. The van der Waals surface area contributed by atoms with Crippen molar-refractivity contribution in [2.45, 2.75) is 19.6 Å². The molecular weight excluding hydrogens is 449 g/mol. The molecule has 0 saturated carbocycles. The summed E-state index contributed by atoms with van der Waals surface area (Å²) in [4.78, 5) is 21.1. The van der Waals surface area contributed by atoms with E-state index in [9.17, 15) is 18.0 Å². The quantitative estimate of drug-likeness (QED) is 0.426. The third-order valence-electron chi connectivity index (χ3n) is 5.18. The Labute approximate surface area is 190 Å². The van der Waals surface area contributed by atoms with Gasteiger partial charge in [0.05, 0.1) is 47.1 Å². The van der Waals surface area contributed by atoms with Crippen molar-refractivity contribution in [3.63, 3.8) is 0 Å². The van der Waals surface area contributed by atoms with Crippen molar-refractivity contribution in [2.75, 3.05) is 5.32 Å². The first kappa shape index (κ1) is 21.4. The number of pyridine rings is 2. The van der Waals surface area contributed by atoms with E-state index in [4.69, 9.17) is 0 Å². The average molecular weight is 466 g/mol. The topological polar surface area (TPSA) is 94.9 Å². The van der Waals surface area contributed by atoms with E-state index in [0.717, 1.165) is 23.6 Å². The van der Waals surface area contributed by atoms with Crippen LogP contribution in [0.15, 0.2) is 67.5 Å². The van der Waals surface area contributed by atoms with Gasteiger partial charge >= 0.3 is 6.18 Å². The molecule has 0 aliphatic heterocycles. The van der Waals surface area contributed by atoms with E-state index in [1.807, 2.05) is 35.0 Å². The van der Waals surface area contributed by atoms with Crippen LogP contribution < -0.4 is 5.32 Å². The van der Waals surface area contributed by atoms with Gasteiger partial charge in [-0.15, -0.1) is 0 Å². The van der Waals surface area contributed by atoms with Crippen molar-refractivity contribution >= 4 is 17.2 Å². The fourth-order valence-electron chi connectivity index (χ4n) is 3.48. The van der Waals surface area contributed by atoms with Gasteiger partial charge in [0.1, 0.15) is 5.65 Å². The van der Waals surface area contributed by atoms with Crippen LogP contribution in [0, 0.1) is 6.92 Å². The number of amides is 1. The van der Waals surface area contributed by atoms with E-state index >= 15 is 0 Å². The monoisotopic (exact) mass is 466 g/mol. The van der Waals surface area contributed by atoms with E-state index in [-0.39, 0.29) is 11.4 Å². The number of rotatable bonds is 5. The Kier molecular flexibility index (Phi) is 5.11. The van der Waals surface area contributed by atoms with Gasteiger partial charge in [0.2, 0.25) is 0 Å². The van der Waals surface area contributed by atoms with Gasteiger partial charge in [-0.25, -0.2) is 14.6 Å². The van der Waals surface area contributed by atoms with Crippen molar-refractivity contribution in [3.05, 3.63) is 90.0 Å². The van der Waals surface area contributed by atoms with Crippen LogP contribution in [0.1, 0.15) is 27.3 Å². The largest absolute Gasteiger partial charge is 0.417 e. The Hall–Kier alpha value is -4.48. The average Bonchev–Trinajstić information content (AvgIpc) is 3.51. The molecule has 9 nitrogen and oxygen atoms in total. The molecule has 0 fully saturated rings. The number of halogens is 3. The number of carbonyl (C=O) groups is 1. The molecule has 1 N–H and O–H groups in total. The normalized spacial score (nSPS) is 11.8. The number of fused-ring (bicyclic) bond motifs is 1. The lowest BCUT2D eigenvalue weighted by Crippen LogP contribution is -2.13. The minimum Gasteiger partial charge on any atom is -0.319 e. The summed E-state index contributed by atoms with van der Waals surface area (Å²) in [5.41, 5.74) is 1.95. The Morgan fingerprint density at radius 1 is 1.06 bits per heavy atom. The first-order valence-electron chi connectivity index (χ1n) is 10.1. The van der Waals surface area contributed by atoms with Crippen molar-refractivity contribution in [3.8, 4) is 5.82 Å². The lowest BCUT2D eigenvalue weighted by atomic mass is 10.2. The predicted octanol–water partition coefficient (Wildman–Crippen LogP) is 3.74. The molecule has 0 spiro atoms. The van der Waals surface area contributed by atoms with Gasteiger partial charge < -0.3 is 9.72 Å². The standard InChI is InChI=1S/C22H17F3N8O/c1-14-18(10-28-33(14)19-6-5-15(8-26-19)22(23,24)25)21(34)30-16-9-27-32(12-16)13-17-11-31-7-3-2-4-20(31)29-17/h2-12H,13H2,1H3,(H,30,34). The number of imidazole rings is 1. The zero-order chi connectivity index (χ0) is 23.9. The number of anilines is 1. The molecule has 5 rings (SSSR count). The van der Waals surface area contributed by atoms with Crippen LogP contribution in [-0.4, -0.2) is 39.8 Å². The number of nitrogens with one attached hydrogen (secondary N) is 1. The van der Waals surface area contributed by atoms with Crippen LogP contribution >= 0.6 is 0 Å². The molecule has 12 heteroatoms. The number of nitrogens with zero attached hydrogens (tertiary/aromatic N) is 7. The van der Waals surface area contributed by atoms with E-state index in [2.05, 4.69) is 25.5 Å². The summed E-state index contributed by atoms with van der Waals surface area (Å²) >= 11 is 0. The number of aromatic nitrogens is 7. The highest BCUT2D eigenvalue weighted by molar-refractivity contribution is 6.04. The van der Waals surface area contributed by atoms with Gasteiger partial charge in [0, 0.05) is 24.8 Å². The molecule has 1 amide bonds. The molecule has 5 heterocycles. The van der Waals surface area contributed by atoms with Crippen LogP contribution in [0.25, 0.3) is 11.5 Å². The summed E-state index contributed by atoms with van der Waals surface area (Å²) in [6.07, 6.45) is 4.60. The molecule has 0 saturated heterocycles. The Balaban J connectivity index is 1.29. The van der Waals surface area contributed by atoms with Crippen molar-refractivity contribution in [1.29, 1.82) is 0 Å². The number of carbonyl (C=O) groups excluding carboxylic acids is 1.